The van der Waals surface area contributed by atoms with Gasteiger partial charge in [0.1, 0.15) is 24.7 Å². The van der Waals surface area contributed by atoms with Gasteiger partial charge in [0.05, 0.1) is 28.9 Å². The van der Waals surface area contributed by atoms with Crippen molar-refractivity contribution in [2.75, 3.05) is 59.2 Å². The third-order valence-electron chi connectivity index (χ3n) is 6.52. The Labute approximate surface area is 212 Å². The fraction of sp³-hybridized carbons (Fsp3) is 0.538. The minimum Gasteiger partial charge on any atom is -0.492 e. The number of hydrogen-bond donors (Lipinski definition) is 1. The number of hydrogen-bond acceptors (Lipinski definition) is 6. The van der Waals surface area contributed by atoms with Crippen molar-refractivity contribution in [1.29, 1.82) is 0 Å². The van der Waals surface area contributed by atoms with Gasteiger partial charge in [0.25, 0.3) is 0 Å². The Morgan fingerprint density at radius 3 is 2.38 bits per heavy atom. The molecule has 2 aromatic rings. The van der Waals surface area contributed by atoms with Gasteiger partial charge in [-0.05, 0) is 55.6 Å². The highest BCUT2D eigenvalue weighted by Crippen LogP contribution is 2.29. The molecule has 34 heavy (non-hydrogen) atoms. The Balaban J connectivity index is 1.20. The normalized spacial score (nSPS) is 22.3. The molecule has 0 aliphatic carbocycles. The molecule has 2 aliphatic heterocycles. The molecule has 0 radical (unpaired) electrons. The molecule has 0 bridgehead atoms. The summed E-state index contributed by atoms with van der Waals surface area (Å²) in [5, 5.41) is 12.0. The number of nitrogens with zero attached hydrogens (tertiary/aromatic N) is 2. The first kappa shape index (κ1) is 25.5. The third-order valence-corrected chi connectivity index (χ3v) is 7.26. The lowest BCUT2D eigenvalue weighted by atomic mass is 9.96. The zero-order valence-corrected chi connectivity index (χ0v) is 21.1. The third kappa shape index (κ3) is 7.74. The van der Waals surface area contributed by atoms with Crippen LogP contribution in [-0.4, -0.2) is 79.7 Å². The number of rotatable bonds is 9. The van der Waals surface area contributed by atoms with Gasteiger partial charge in [0.15, 0.2) is 0 Å². The van der Waals surface area contributed by atoms with E-state index in [4.69, 9.17) is 37.4 Å². The molecule has 1 atom stereocenters. The Morgan fingerprint density at radius 1 is 0.853 bits per heavy atom. The second-order valence-electron chi connectivity index (χ2n) is 9.17. The quantitative estimate of drug-likeness (QED) is 0.538. The van der Waals surface area contributed by atoms with Crippen LogP contribution in [-0.2, 0) is 11.3 Å². The van der Waals surface area contributed by atoms with E-state index < -0.39 is 5.60 Å². The highest BCUT2D eigenvalue weighted by atomic mass is 35.5. The van der Waals surface area contributed by atoms with Crippen LogP contribution in [0.3, 0.4) is 0 Å². The van der Waals surface area contributed by atoms with Crippen molar-refractivity contribution in [3.63, 3.8) is 0 Å². The van der Waals surface area contributed by atoms with Crippen LogP contribution < -0.4 is 9.47 Å². The van der Waals surface area contributed by atoms with Crippen molar-refractivity contribution in [3.8, 4) is 11.5 Å². The number of ether oxygens (including phenoxy) is 3. The van der Waals surface area contributed by atoms with Gasteiger partial charge in [-0.2, -0.15) is 0 Å². The number of benzene rings is 2. The van der Waals surface area contributed by atoms with Crippen LogP contribution in [0, 0.1) is 0 Å². The standard InChI is InChI=1S/C26H34Cl2N2O4/c27-24-7-6-23(18-25(24)28)34-20-26(31)8-1-10-30(11-9-26)19-21-2-4-22(5-3-21)33-17-14-29-12-15-32-16-13-29/h2-7,18,31H,1,8-17,19-20H2/t26-/m0/s1. The van der Waals surface area contributed by atoms with E-state index in [0.29, 0.717) is 35.2 Å². The number of morpholine rings is 1. The number of aliphatic hydroxyl groups is 1. The van der Waals surface area contributed by atoms with Gasteiger partial charge in [-0.25, -0.2) is 0 Å². The van der Waals surface area contributed by atoms with Gasteiger partial charge in [-0.15, -0.1) is 0 Å². The zero-order chi connectivity index (χ0) is 23.8. The predicted octanol–water partition coefficient (Wildman–Crippen LogP) is 4.50. The van der Waals surface area contributed by atoms with E-state index in [0.717, 1.165) is 64.7 Å². The van der Waals surface area contributed by atoms with Crippen LogP contribution in [0.5, 0.6) is 11.5 Å². The Kier molecular flexibility index (Phi) is 9.34. The van der Waals surface area contributed by atoms with Gasteiger partial charge in [-0.3, -0.25) is 9.80 Å². The zero-order valence-electron chi connectivity index (χ0n) is 19.6. The van der Waals surface area contributed by atoms with Crippen LogP contribution in [0.4, 0.5) is 0 Å². The highest BCUT2D eigenvalue weighted by molar-refractivity contribution is 6.42. The van der Waals surface area contributed by atoms with Gasteiger partial charge >= 0.3 is 0 Å². The summed E-state index contributed by atoms with van der Waals surface area (Å²) in [6.07, 6.45) is 2.29. The largest absolute Gasteiger partial charge is 0.492 e. The number of likely N-dealkylation sites (tertiary alicyclic amines) is 1. The molecule has 4 rings (SSSR count). The summed E-state index contributed by atoms with van der Waals surface area (Å²) in [4.78, 5) is 4.76. The number of halogens is 2. The fourth-order valence-corrected chi connectivity index (χ4v) is 4.68. The molecule has 2 heterocycles. The van der Waals surface area contributed by atoms with Gasteiger partial charge in [-0.1, -0.05) is 35.3 Å². The lowest BCUT2D eigenvalue weighted by Gasteiger charge is -2.27. The smallest absolute Gasteiger partial charge is 0.121 e. The van der Waals surface area contributed by atoms with Crippen LogP contribution in [0.1, 0.15) is 24.8 Å². The van der Waals surface area contributed by atoms with Crippen molar-refractivity contribution >= 4 is 23.2 Å². The summed E-state index contributed by atoms with van der Waals surface area (Å²) in [5.74, 6) is 1.53. The molecular weight excluding hydrogens is 475 g/mol. The summed E-state index contributed by atoms with van der Waals surface area (Å²) in [6, 6.07) is 13.5. The van der Waals surface area contributed by atoms with E-state index in [1.54, 1.807) is 18.2 Å². The maximum absolute atomic E-state index is 11.1. The van der Waals surface area contributed by atoms with E-state index in [9.17, 15) is 5.11 Å². The predicted molar refractivity (Wildman–Crippen MR) is 135 cm³/mol. The second-order valence-corrected chi connectivity index (χ2v) is 9.98. The Hall–Kier alpha value is -1.54. The van der Waals surface area contributed by atoms with Crippen molar-refractivity contribution in [1.82, 2.24) is 9.80 Å². The van der Waals surface area contributed by atoms with Gasteiger partial charge in [0.2, 0.25) is 0 Å². The van der Waals surface area contributed by atoms with E-state index >= 15 is 0 Å². The van der Waals surface area contributed by atoms with E-state index in [-0.39, 0.29) is 6.61 Å². The molecule has 0 spiro atoms. The summed E-state index contributed by atoms with van der Waals surface area (Å²) in [7, 11) is 0. The highest BCUT2D eigenvalue weighted by Gasteiger charge is 2.31. The molecule has 2 aliphatic rings. The molecule has 2 saturated heterocycles. The van der Waals surface area contributed by atoms with Crippen molar-refractivity contribution in [3.05, 3.63) is 58.1 Å². The first-order valence-electron chi connectivity index (χ1n) is 12.0. The van der Waals surface area contributed by atoms with Crippen molar-refractivity contribution in [2.45, 2.75) is 31.4 Å². The van der Waals surface area contributed by atoms with Crippen LogP contribution in [0.2, 0.25) is 10.0 Å². The topological polar surface area (TPSA) is 54.4 Å². The van der Waals surface area contributed by atoms with Crippen molar-refractivity contribution < 1.29 is 19.3 Å². The minimum absolute atomic E-state index is 0.245. The van der Waals surface area contributed by atoms with E-state index in [1.807, 2.05) is 12.1 Å². The summed E-state index contributed by atoms with van der Waals surface area (Å²) in [5.41, 5.74) is 0.400. The Morgan fingerprint density at radius 2 is 1.62 bits per heavy atom. The molecule has 6 nitrogen and oxygen atoms in total. The van der Waals surface area contributed by atoms with E-state index in [2.05, 4.69) is 21.9 Å². The maximum Gasteiger partial charge on any atom is 0.121 e. The van der Waals surface area contributed by atoms with Crippen LogP contribution in [0.15, 0.2) is 42.5 Å². The van der Waals surface area contributed by atoms with Gasteiger partial charge < -0.3 is 19.3 Å². The fourth-order valence-electron chi connectivity index (χ4n) is 4.39. The molecule has 0 saturated carbocycles. The molecule has 2 fully saturated rings. The second kappa shape index (κ2) is 12.4. The average Bonchev–Trinajstić information content (AvgIpc) is 3.03. The van der Waals surface area contributed by atoms with Crippen LogP contribution >= 0.6 is 23.2 Å². The van der Waals surface area contributed by atoms with E-state index in [1.165, 1.54) is 5.56 Å². The van der Waals surface area contributed by atoms with Crippen molar-refractivity contribution in [2.24, 2.45) is 0 Å². The van der Waals surface area contributed by atoms with Crippen LogP contribution in [0.25, 0.3) is 0 Å². The Bertz CT molecular complexity index is 908. The van der Waals surface area contributed by atoms with Gasteiger partial charge in [0, 0.05) is 38.8 Å². The molecular formula is C26H34Cl2N2O4. The molecule has 186 valence electrons. The lowest BCUT2D eigenvalue weighted by molar-refractivity contribution is -0.0168. The monoisotopic (exact) mass is 508 g/mol. The molecule has 0 unspecified atom stereocenters. The average molecular weight is 509 g/mol. The SMILES string of the molecule is O[C@@]1(COc2ccc(Cl)c(Cl)c2)CCCN(Cc2ccc(OCCN3CCOCC3)cc2)CC1. The molecule has 0 amide bonds. The molecule has 1 N–H and O–H groups in total. The maximum atomic E-state index is 11.1. The lowest BCUT2D eigenvalue weighted by Crippen LogP contribution is -2.38. The first-order chi connectivity index (χ1) is 16.5. The first-order valence-corrected chi connectivity index (χ1v) is 12.8. The summed E-state index contributed by atoms with van der Waals surface area (Å²) < 4.78 is 17.1. The minimum atomic E-state index is -0.848. The molecule has 2 aromatic carbocycles. The molecule has 0 aromatic heterocycles. The molecule has 8 heteroatoms. The summed E-state index contributed by atoms with van der Waals surface area (Å²) in [6.45, 7) is 8.08. The summed E-state index contributed by atoms with van der Waals surface area (Å²) >= 11 is 12.0.